The second-order valence-electron chi connectivity index (χ2n) is 8.64. The molecule has 3 aromatic rings. The van der Waals surface area contributed by atoms with E-state index in [1.165, 1.54) is 18.2 Å². The highest BCUT2D eigenvalue weighted by atomic mass is 19.1. The molecule has 0 spiro atoms. The summed E-state index contributed by atoms with van der Waals surface area (Å²) in [7, 11) is 0. The summed E-state index contributed by atoms with van der Waals surface area (Å²) in [5.41, 5.74) is 2.38. The van der Waals surface area contributed by atoms with Gasteiger partial charge in [-0.3, -0.25) is 9.59 Å². The number of aromatic nitrogens is 1. The predicted octanol–water partition coefficient (Wildman–Crippen LogP) is 4.00. The number of aromatic amines is 1. The Kier molecular flexibility index (Phi) is 5.15. The van der Waals surface area contributed by atoms with E-state index >= 15 is 0 Å². The minimum atomic E-state index is -0.674. The van der Waals surface area contributed by atoms with Crippen molar-refractivity contribution in [2.75, 3.05) is 13.1 Å². The predicted molar refractivity (Wildman–Crippen MR) is 113 cm³/mol. The van der Waals surface area contributed by atoms with Crippen LogP contribution in [0.25, 0.3) is 22.2 Å². The zero-order valence-corrected chi connectivity index (χ0v) is 17.2. The Balaban J connectivity index is 1.37. The van der Waals surface area contributed by atoms with Gasteiger partial charge in [0.1, 0.15) is 23.4 Å². The van der Waals surface area contributed by atoms with Crippen molar-refractivity contribution in [3.05, 3.63) is 59.4 Å². The van der Waals surface area contributed by atoms with Gasteiger partial charge in [-0.15, -0.1) is 0 Å². The minimum absolute atomic E-state index is 0.0432. The fraction of sp³-hybridized carbons (Fsp3) is 0.333. The van der Waals surface area contributed by atoms with Crippen molar-refractivity contribution >= 4 is 22.7 Å². The first-order valence-electron chi connectivity index (χ1n) is 10.7. The quantitative estimate of drug-likeness (QED) is 0.524. The summed E-state index contributed by atoms with van der Waals surface area (Å²) in [6, 6.07) is 8.06. The summed E-state index contributed by atoms with van der Waals surface area (Å²) in [6.07, 6.45) is 1.97. The number of nitrogens with one attached hydrogen (secondary N) is 3. The second kappa shape index (κ2) is 8.00. The molecule has 0 bridgehead atoms. The number of halogens is 3. The van der Waals surface area contributed by atoms with Gasteiger partial charge in [0.2, 0.25) is 11.8 Å². The Morgan fingerprint density at radius 3 is 2.50 bits per heavy atom. The van der Waals surface area contributed by atoms with E-state index in [0.29, 0.717) is 36.2 Å². The summed E-state index contributed by atoms with van der Waals surface area (Å²) in [6.45, 7) is 0.971. The third kappa shape index (κ3) is 3.63. The van der Waals surface area contributed by atoms with Crippen molar-refractivity contribution in [3.63, 3.8) is 0 Å². The number of carbonyl (C=O) groups is 2. The number of amides is 2. The maximum absolute atomic E-state index is 14.5. The van der Waals surface area contributed by atoms with Crippen molar-refractivity contribution in [1.82, 2.24) is 15.6 Å². The lowest BCUT2D eigenvalue weighted by Crippen LogP contribution is -2.40. The molecule has 1 aliphatic carbocycles. The molecule has 5 nitrogen and oxygen atoms in total. The van der Waals surface area contributed by atoms with Crippen molar-refractivity contribution in [2.45, 2.75) is 25.2 Å². The molecule has 2 aromatic carbocycles. The van der Waals surface area contributed by atoms with Crippen LogP contribution in [0.5, 0.6) is 0 Å². The molecule has 1 saturated heterocycles. The van der Waals surface area contributed by atoms with Crippen LogP contribution in [0.3, 0.4) is 0 Å². The first-order chi connectivity index (χ1) is 15.4. The largest absolute Gasteiger partial charge is 0.355 e. The van der Waals surface area contributed by atoms with Gasteiger partial charge in [-0.1, -0.05) is 0 Å². The van der Waals surface area contributed by atoms with Crippen molar-refractivity contribution in [3.8, 4) is 11.3 Å². The fourth-order valence-electron chi connectivity index (χ4n) is 4.86. The smallest absolute Gasteiger partial charge is 0.232 e. The number of benzene rings is 2. The summed E-state index contributed by atoms with van der Waals surface area (Å²) in [5, 5.41) is 6.00. The Morgan fingerprint density at radius 2 is 1.81 bits per heavy atom. The molecular formula is C24H22F3N3O2. The SMILES string of the molecule is O=C1NCCC1C(=O)NCC1CC(c2c(-c3ccc(F)cc3)[nH]c3c(F)cc(F)cc23)C1. The minimum Gasteiger partial charge on any atom is -0.355 e. The van der Waals surface area contributed by atoms with Crippen LogP contribution in [0, 0.1) is 29.3 Å². The lowest BCUT2D eigenvalue weighted by Gasteiger charge is -2.36. The number of H-pyrrole nitrogens is 1. The second-order valence-corrected chi connectivity index (χ2v) is 8.64. The zero-order chi connectivity index (χ0) is 22.4. The zero-order valence-electron chi connectivity index (χ0n) is 17.2. The number of hydrogen-bond acceptors (Lipinski definition) is 2. The van der Waals surface area contributed by atoms with Crippen molar-refractivity contribution in [2.24, 2.45) is 11.8 Å². The molecule has 1 unspecified atom stereocenters. The van der Waals surface area contributed by atoms with Gasteiger partial charge in [-0.05, 0) is 72.6 Å². The lowest BCUT2D eigenvalue weighted by molar-refractivity contribution is -0.133. The summed E-state index contributed by atoms with van der Waals surface area (Å²) in [5.74, 6) is -2.58. The molecule has 1 saturated carbocycles. The van der Waals surface area contributed by atoms with Crippen LogP contribution in [0.4, 0.5) is 13.2 Å². The number of carbonyl (C=O) groups excluding carboxylic acids is 2. The highest BCUT2D eigenvalue weighted by Gasteiger charge is 2.36. The third-order valence-corrected chi connectivity index (χ3v) is 6.57. The monoisotopic (exact) mass is 441 g/mol. The molecule has 5 rings (SSSR count). The first kappa shape index (κ1) is 20.6. The van der Waals surface area contributed by atoms with Gasteiger partial charge in [0, 0.05) is 24.5 Å². The van der Waals surface area contributed by atoms with Gasteiger partial charge >= 0.3 is 0 Å². The number of hydrogen-bond donors (Lipinski definition) is 3. The van der Waals surface area contributed by atoms with E-state index in [2.05, 4.69) is 15.6 Å². The summed E-state index contributed by atoms with van der Waals surface area (Å²) < 4.78 is 41.9. The Labute approximate surface area is 182 Å². The van der Waals surface area contributed by atoms with Crippen LogP contribution >= 0.6 is 0 Å². The van der Waals surface area contributed by atoms with Crippen molar-refractivity contribution < 1.29 is 22.8 Å². The molecule has 2 fully saturated rings. The normalized spacial score (nSPS) is 22.6. The maximum atomic E-state index is 14.5. The maximum Gasteiger partial charge on any atom is 0.232 e. The summed E-state index contributed by atoms with van der Waals surface area (Å²) in [4.78, 5) is 27.0. The molecule has 166 valence electrons. The molecule has 0 radical (unpaired) electrons. The van der Waals surface area contributed by atoms with E-state index in [4.69, 9.17) is 0 Å². The average Bonchev–Trinajstić information content (AvgIpc) is 3.31. The van der Waals surface area contributed by atoms with Crippen molar-refractivity contribution in [1.29, 1.82) is 0 Å². The van der Waals surface area contributed by atoms with E-state index in [-0.39, 0.29) is 35.0 Å². The lowest BCUT2D eigenvalue weighted by atomic mass is 9.70. The van der Waals surface area contributed by atoms with E-state index < -0.39 is 17.6 Å². The molecule has 32 heavy (non-hydrogen) atoms. The highest BCUT2D eigenvalue weighted by Crippen LogP contribution is 2.48. The molecule has 8 heteroatoms. The van der Waals surface area contributed by atoms with Crippen LogP contribution in [-0.2, 0) is 9.59 Å². The Bertz CT molecular complexity index is 1200. The van der Waals surface area contributed by atoms with E-state index in [1.807, 2.05) is 0 Å². The standard InChI is InChI=1S/C24H22F3N3O2/c25-15-3-1-13(2-4-15)21-20(18-9-16(26)10-19(27)22(18)30-21)14-7-12(8-14)11-29-24(32)17-5-6-28-23(17)31/h1-4,9-10,12,14,17,30H,5-8,11H2,(H,28,31)(H,29,32). The number of rotatable bonds is 5. The van der Waals surface area contributed by atoms with Gasteiger partial charge in [0.05, 0.1) is 11.2 Å². The number of fused-ring (bicyclic) bond motifs is 1. The van der Waals surface area contributed by atoms with Gasteiger partial charge < -0.3 is 15.6 Å². The first-order valence-corrected chi connectivity index (χ1v) is 10.7. The fourth-order valence-corrected chi connectivity index (χ4v) is 4.86. The van der Waals surface area contributed by atoms with Crippen LogP contribution in [-0.4, -0.2) is 29.9 Å². The average molecular weight is 441 g/mol. The molecule has 3 N–H and O–H groups in total. The molecule has 1 aliphatic heterocycles. The molecule has 2 amide bonds. The third-order valence-electron chi connectivity index (χ3n) is 6.57. The van der Waals surface area contributed by atoms with Gasteiger partial charge in [0.25, 0.3) is 0 Å². The summed E-state index contributed by atoms with van der Waals surface area (Å²) >= 11 is 0. The van der Waals surface area contributed by atoms with Crippen LogP contribution < -0.4 is 10.6 Å². The van der Waals surface area contributed by atoms with Gasteiger partial charge in [-0.25, -0.2) is 13.2 Å². The molecule has 2 heterocycles. The molecule has 2 aliphatic rings. The Hall–Kier alpha value is -3.29. The van der Waals surface area contributed by atoms with E-state index in [0.717, 1.165) is 24.5 Å². The van der Waals surface area contributed by atoms with E-state index in [1.54, 1.807) is 12.1 Å². The van der Waals surface area contributed by atoms with Gasteiger partial charge in [-0.2, -0.15) is 0 Å². The van der Waals surface area contributed by atoms with Crippen LogP contribution in [0.1, 0.15) is 30.7 Å². The van der Waals surface area contributed by atoms with Crippen LogP contribution in [0.2, 0.25) is 0 Å². The highest BCUT2D eigenvalue weighted by molar-refractivity contribution is 6.01. The van der Waals surface area contributed by atoms with E-state index in [9.17, 15) is 22.8 Å². The van der Waals surface area contributed by atoms with Crippen LogP contribution in [0.15, 0.2) is 36.4 Å². The molecule has 1 aromatic heterocycles. The molecular weight excluding hydrogens is 419 g/mol. The van der Waals surface area contributed by atoms with Gasteiger partial charge in [0.15, 0.2) is 0 Å². The topological polar surface area (TPSA) is 74.0 Å². The molecule has 1 atom stereocenters. The Morgan fingerprint density at radius 1 is 1.06 bits per heavy atom.